The van der Waals surface area contributed by atoms with E-state index >= 15 is 0 Å². The van der Waals surface area contributed by atoms with E-state index in [1.54, 1.807) is 31.4 Å². The first-order chi connectivity index (χ1) is 16.1. The van der Waals surface area contributed by atoms with E-state index in [1.165, 1.54) is 0 Å². The van der Waals surface area contributed by atoms with Gasteiger partial charge < -0.3 is 15.4 Å². The molecule has 3 aromatic carbocycles. The Hall–Kier alpha value is -4.13. The summed E-state index contributed by atoms with van der Waals surface area (Å²) in [4.78, 5) is 39.1. The van der Waals surface area contributed by atoms with Gasteiger partial charge in [0.2, 0.25) is 5.91 Å². The van der Waals surface area contributed by atoms with Gasteiger partial charge in [-0.15, -0.1) is 0 Å². The number of amides is 4. The van der Waals surface area contributed by atoms with E-state index in [1.807, 2.05) is 60.7 Å². The fourth-order valence-electron chi connectivity index (χ4n) is 3.86. The molecule has 1 fully saturated rings. The lowest BCUT2D eigenvalue weighted by Crippen LogP contribution is -2.34. The Labute approximate surface area is 192 Å². The number of rotatable bonds is 8. The second kappa shape index (κ2) is 9.99. The fourth-order valence-corrected chi connectivity index (χ4v) is 3.86. The topological polar surface area (TPSA) is 87.7 Å². The molecule has 0 aliphatic carbocycles. The van der Waals surface area contributed by atoms with Crippen LogP contribution in [-0.4, -0.2) is 31.0 Å². The van der Waals surface area contributed by atoms with Crippen molar-refractivity contribution < 1.29 is 19.1 Å². The molecule has 3 aromatic rings. The minimum Gasteiger partial charge on any atom is -0.497 e. The average molecular weight is 444 g/mol. The van der Waals surface area contributed by atoms with Crippen LogP contribution < -0.4 is 20.3 Å². The van der Waals surface area contributed by atoms with E-state index in [9.17, 15) is 14.4 Å². The SMILES string of the molecule is COc1ccc(N2C(=O)NC(CCC(=O)NC(c3ccccc3)c3ccccc3)C2=O)cc1. The third kappa shape index (κ3) is 5.03. The Kier molecular flexibility index (Phi) is 6.69. The van der Waals surface area contributed by atoms with Crippen molar-refractivity contribution >= 4 is 23.5 Å². The first-order valence-electron chi connectivity index (χ1n) is 10.7. The van der Waals surface area contributed by atoms with Gasteiger partial charge in [0.15, 0.2) is 0 Å². The minimum absolute atomic E-state index is 0.101. The lowest BCUT2D eigenvalue weighted by molar-refractivity contribution is -0.122. The Morgan fingerprint density at radius 1 is 0.939 bits per heavy atom. The van der Waals surface area contributed by atoms with Crippen LogP contribution in [-0.2, 0) is 9.59 Å². The standard InChI is InChI=1S/C26H25N3O4/c1-33-21-14-12-20(13-15-21)29-25(31)22(27-26(29)32)16-17-23(30)28-24(18-8-4-2-5-9-18)19-10-6-3-7-11-19/h2-15,22,24H,16-17H2,1H3,(H,27,32)(H,28,30). The molecule has 1 heterocycles. The van der Waals surface area contributed by atoms with Crippen molar-refractivity contribution in [3.63, 3.8) is 0 Å². The molecular formula is C26H25N3O4. The van der Waals surface area contributed by atoms with E-state index in [4.69, 9.17) is 4.74 Å². The zero-order valence-electron chi connectivity index (χ0n) is 18.2. The lowest BCUT2D eigenvalue weighted by atomic mass is 9.98. The van der Waals surface area contributed by atoms with Gasteiger partial charge in [0.05, 0.1) is 18.8 Å². The zero-order chi connectivity index (χ0) is 23.2. The van der Waals surface area contributed by atoms with Crippen molar-refractivity contribution in [3.05, 3.63) is 96.1 Å². The van der Waals surface area contributed by atoms with Crippen LogP contribution in [0.1, 0.15) is 30.0 Å². The summed E-state index contributed by atoms with van der Waals surface area (Å²) in [5, 5.41) is 5.74. The van der Waals surface area contributed by atoms with E-state index in [0.717, 1.165) is 16.0 Å². The molecule has 1 unspecified atom stereocenters. The highest BCUT2D eigenvalue weighted by Crippen LogP contribution is 2.25. The Balaban J connectivity index is 1.40. The fraction of sp³-hybridized carbons (Fsp3) is 0.192. The molecule has 0 aromatic heterocycles. The monoisotopic (exact) mass is 443 g/mol. The maximum absolute atomic E-state index is 12.8. The van der Waals surface area contributed by atoms with E-state index in [-0.39, 0.29) is 30.7 Å². The first-order valence-corrected chi connectivity index (χ1v) is 10.7. The summed E-state index contributed by atoms with van der Waals surface area (Å²) in [6.07, 6.45) is 0.308. The third-order valence-corrected chi connectivity index (χ3v) is 5.58. The molecule has 0 spiro atoms. The maximum atomic E-state index is 12.8. The molecule has 2 N–H and O–H groups in total. The Morgan fingerprint density at radius 2 is 1.52 bits per heavy atom. The van der Waals surface area contributed by atoms with Gasteiger partial charge in [0.1, 0.15) is 11.8 Å². The second-order valence-electron chi connectivity index (χ2n) is 7.73. The number of nitrogens with zero attached hydrogens (tertiary/aromatic N) is 1. The molecule has 33 heavy (non-hydrogen) atoms. The van der Waals surface area contributed by atoms with Crippen molar-refractivity contribution in [1.82, 2.24) is 10.6 Å². The Morgan fingerprint density at radius 3 is 2.06 bits per heavy atom. The van der Waals surface area contributed by atoms with Crippen LogP contribution in [0.15, 0.2) is 84.9 Å². The van der Waals surface area contributed by atoms with E-state index in [2.05, 4.69) is 10.6 Å². The molecule has 7 heteroatoms. The van der Waals surface area contributed by atoms with Crippen molar-refractivity contribution in [1.29, 1.82) is 0 Å². The zero-order valence-corrected chi connectivity index (χ0v) is 18.2. The number of carbonyl (C=O) groups excluding carboxylic acids is 3. The Bertz CT molecular complexity index is 1080. The van der Waals surface area contributed by atoms with Crippen molar-refractivity contribution in [2.45, 2.75) is 24.9 Å². The number of methoxy groups -OCH3 is 1. The number of hydrogen-bond acceptors (Lipinski definition) is 4. The van der Waals surface area contributed by atoms with Crippen LogP contribution in [0.2, 0.25) is 0 Å². The smallest absolute Gasteiger partial charge is 0.329 e. The molecular weight excluding hydrogens is 418 g/mol. The van der Waals surface area contributed by atoms with Gasteiger partial charge in [-0.1, -0.05) is 60.7 Å². The first kappa shape index (κ1) is 22.1. The van der Waals surface area contributed by atoms with E-state index < -0.39 is 12.1 Å². The number of hydrogen-bond donors (Lipinski definition) is 2. The van der Waals surface area contributed by atoms with Gasteiger partial charge in [-0.3, -0.25) is 9.59 Å². The maximum Gasteiger partial charge on any atom is 0.329 e. The highest BCUT2D eigenvalue weighted by molar-refractivity contribution is 6.21. The molecule has 1 atom stereocenters. The number of ether oxygens (including phenoxy) is 1. The number of benzene rings is 3. The lowest BCUT2D eigenvalue weighted by Gasteiger charge is -2.20. The normalized spacial score (nSPS) is 15.5. The number of anilines is 1. The summed E-state index contributed by atoms with van der Waals surface area (Å²) in [5.41, 5.74) is 2.39. The molecule has 0 radical (unpaired) electrons. The number of imide groups is 1. The molecule has 7 nitrogen and oxygen atoms in total. The number of nitrogens with one attached hydrogen (secondary N) is 2. The minimum atomic E-state index is -0.753. The van der Waals surface area contributed by atoms with Gasteiger partial charge >= 0.3 is 6.03 Å². The second-order valence-corrected chi connectivity index (χ2v) is 7.73. The van der Waals surface area contributed by atoms with Crippen LogP contribution in [0, 0.1) is 0 Å². The van der Waals surface area contributed by atoms with Gasteiger partial charge in [0.25, 0.3) is 5.91 Å². The van der Waals surface area contributed by atoms with Crippen LogP contribution in [0.5, 0.6) is 5.75 Å². The summed E-state index contributed by atoms with van der Waals surface area (Å²) >= 11 is 0. The molecule has 0 bridgehead atoms. The van der Waals surface area contributed by atoms with Crippen molar-refractivity contribution in [2.75, 3.05) is 12.0 Å². The van der Waals surface area contributed by atoms with Crippen LogP contribution in [0.3, 0.4) is 0 Å². The summed E-state index contributed by atoms with van der Waals surface area (Å²) < 4.78 is 5.12. The van der Waals surface area contributed by atoms with Crippen molar-refractivity contribution in [2.24, 2.45) is 0 Å². The van der Waals surface area contributed by atoms with Gasteiger partial charge in [-0.2, -0.15) is 0 Å². The van der Waals surface area contributed by atoms with Gasteiger partial charge in [0, 0.05) is 6.42 Å². The summed E-state index contributed by atoms with van der Waals surface area (Å²) in [6.45, 7) is 0. The van der Waals surface area contributed by atoms with Crippen LogP contribution >= 0.6 is 0 Å². The molecule has 0 saturated carbocycles. The predicted octanol–water partition coefficient (Wildman–Crippen LogP) is 3.81. The van der Waals surface area contributed by atoms with Crippen LogP contribution in [0.4, 0.5) is 10.5 Å². The predicted molar refractivity (Wildman–Crippen MR) is 125 cm³/mol. The van der Waals surface area contributed by atoms with Gasteiger partial charge in [-0.05, 0) is 41.8 Å². The molecule has 1 aliphatic heterocycles. The summed E-state index contributed by atoms with van der Waals surface area (Å²) in [6, 6.07) is 24.5. The molecule has 1 aliphatic rings. The molecule has 1 saturated heterocycles. The largest absolute Gasteiger partial charge is 0.497 e. The summed E-state index contributed by atoms with van der Waals surface area (Å²) in [7, 11) is 1.55. The number of urea groups is 1. The molecule has 4 amide bonds. The molecule has 4 rings (SSSR count). The third-order valence-electron chi connectivity index (χ3n) is 5.58. The quantitative estimate of drug-likeness (QED) is 0.519. The molecule has 168 valence electrons. The van der Waals surface area contributed by atoms with Crippen molar-refractivity contribution in [3.8, 4) is 5.75 Å². The average Bonchev–Trinajstić information content (AvgIpc) is 3.15. The van der Waals surface area contributed by atoms with Gasteiger partial charge in [-0.25, -0.2) is 9.69 Å². The highest BCUT2D eigenvalue weighted by Gasteiger charge is 2.39. The summed E-state index contributed by atoms with van der Waals surface area (Å²) in [5.74, 6) is 0.0590. The van der Waals surface area contributed by atoms with E-state index in [0.29, 0.717) is 11.4 Å². The van der Waals surface area contributed by atoms with Crippen LogP contribution in [0.25, 0.3) is 0 Å². The number of carbonyl (C=O) groups is 3. The highest BCUT2D eigenvalue weighted by atomic mass is 16.5.